The second kappa shape index (κ2) is 6.17. The number of halogens is 3. The number of alkyl halides is 3. The maximum atomic E-state index is 12.7. The van der Waals surface area contributed by atoms with Crippen molar-refractivity contribution >= 4 is 5.97 Å². The highest BCUT2D eigenvalue weighted by Crippen LogP contribution is 2.30. The molecular weight excluding hydrogens is 299 g/mol. The van der Waals surface area contributed by atoms with E-state index >= 15 is 0 Å². The lowest BCUT2D eigenvalue weighted by Crippen LogP contribution is -2.13. The molecule has 0 fully saturated rings. The van der Waals surface area contributed by atoms with Gasteiger partial charge in [0.25, 0.3) is 0 Å². The monoisotopic (exact) mass is 313 g/mol. The Morgan fingerprint density at radius 2 is 2.09 bits per heavy atom. The van der Waals surface area contributed by atoms with Crippen molar-refractivity contribution in [1.82, 2.24) is 14.5 Å². The third kappa shape index (κ3) is 3.44. The molecule has 0 aliphatic carbocycles. The molecule has 2 heterocycles. The molecule has 0 unspecified atom stereocenters. The Labute approximate surface area is 124 Å². The van der Waals surface area contributed by atoms with Crippen LogP contribution in [-0.2, 0) is 22.3 Å². The van der Waals surface area contributed by atoms with Gasteiger partial charge in [-0.2, -0.15) is 13.2 Å². The Morgan fingerprint density at radius 1 is 1.36 bits per heavy atom. The van der Waals surface area contributed by atoms with E-state index in [0.717, 1.165) is 12.3 Å². The van der Waals surface area contributed by atoms with E-state index in [1.54, 1.807) is 13.8 Å². The van der Waals surface area contributed by atoms with Crippen molar-refractivity contribution in [3.63, 3.8) is 0 Å². The summed E-state index contributed by atoms with van der Waals surface area (Å²) in [5.74, 6) is -0.430. The molecule has 22 heavy (non-hydrogen) atoms. The molecule has 0 spiro atoms. The van der Waals surface area contributed by atoms with Crippen LogP contribution in [0.2, 0.25) is 0 Å². The lowest BCUT2D eigenvalue weighted by Gasteiger charge is -2.08. The fourth-order valence-corrected chi connectivity index (χ4v) is 1.96. The highest BCUT2D eigenvalue weighted by atomic mass is 19.4. The molecule has 0 amide bonds. The molecule has 118 valence electrons. The first kappa shape index (κ1) is 16.0. The summed E-state index contributed by atoms with van der Waals surface area (Å²) >= 11 is 0. The topological polar surface area (TPSA) is 57.0 Å². The Balaban J connectivity index is 2.31. The number of rotatable bonds is 4. The molecule has 0 aromatic carbocycles. The molecule has 0 aliphatic rings. The molecule has 8 heteroatoms. The van der Waals surface area contributed by atoms with Gasteiger partial charge in [0.1, 0.15) is 12.2 Å². The van der Waals surface area contributed by atoms with Crippen LogP contribution in [-0.4, -0.2) is 27.1 Å². The quantitative estimate of drug-likeness (QED) is 0.815. The van der Waals surface area contributed by atoms with Gasteiger partial charge in [0.2, 0.25) is 0 Å². The van der Waals surface area contributed by atoms with Crippen LogP contribution in [0.4, 0.5) is 13.2 Å². The molecule has 0 bridgehead atoms. The first-order chi connectivity index (χ1) is 10.3. The van der Waals surface area contributed by atoms with Gasteiger partial charge in [0.15, 0.2) is 0 Å². The van der Waals surface area contributed by atoms with Gasteiger partial charge >= 0.3 is 12.1 Å². The minimum absolute atomic E-state index is 0.0378. The van der Waals surface area contributed by atoms with Gasteiger partial charge in [-0.1, -0.05) is 0 Å². The van der Waals surface area contributed by atoms with Crippen LogP contribution in [0.3, 0.4) is 0 Å². The van der Waals surface area contributed by atoms with Crippen LogP contribution >= 0.6 is 0 Å². The third-order valence-corrected chi connectivity index (χ3v) is 3.03. The Hall–Kier alpha value is -2.38. The molecule has 2 aromatic heterocycles. The van der Waals surface area contributed by atoms with E-state index < -0.39 is 17.8 Å². The number of esters is 1. The van der Waals surface area contributed by atoms with E-state index in [4.69, 9.17) is 4.74 Å². The second-order valence-electron chi connectivity index (χ2n) is 4.54. The third-order valence-electron chi connectivity index (χ3n) is 3.03. The zero-order valence-corrected chi connectivity index (χ0v) is 12.0. The van der Waals surface area contributed by atoms with Crippen LogP contribution in [0.5, 0.6) is 0 Å². The van der Waals surface area contributed by atoms with Gasteiger partial charge in [-0.05, 0) is 26.0 Å². The number of carbonyl (C=O) groups excluding carboxylic acids is 1. The van der Waals surface area contributed by atoms with Gasteiger partial charge in [0, 0.05) is 17.5 Å². The van der Waals surface area contributed by atoms with Crippen LogP contribution in [0.1, 0.15) is 18.3 Å². The Bertz CT molecular complexity index is 680. The maximum absolute atomic E-state index is 12.7. The fourth-order valence-electron chi connectivity index (χ4n) is 1.96. The predicted octanol–water partition coefficient (Wildman–Crippen LogP) is 2.84. The van der Waals surface area contributed by atoms with Crippen LogP contribution < -0.4 is 0 Å². The van der Waals surface area contributed by atoms with E-state index in [9.17, 15) is 18.0 Å². The Kier molecular flexibility index (Phi) is 4.48. The predicted molar refractivity (Wildman–Crippen MR) is 71.8 cm³/mol. The Morgan fingerprint density at radius 3 is 2.73 bits per heavy atom. The minimum Gasteiger partial charge on any atom is -0.465 e. The first-order valence-electron chi connectivity index (χ1n) is 6.54. The van der Waals surface area contributed by atoms with Crippen LogP contribution in [0.15, 0.2) is 24.7 Å². The molecule has 0 saturated carbocycles. The SMILES string of the molecule is CCOC(=O)Cn1cnc(-c2ccnc(C(F)(F)F)c2)c1C. The van der Waals surface area contributed by atoms with Crippen molar-refractivity contribution < 1.29 is 22.7 Å². The average molecular weight is 313 g/mol. The standard InChI is InChI=1S/C14H14F3N3O2/c1-3-22-12(21)7-20-8-19-13(9(20)2)10-4-5-18-11(6-10)14(15,16)17/h4-6,8H,3,7H2,1-2H3. The zero-order valence-electron chi connectivity index (χ0n) is 12.0. The van der Waals surface area contributed by atoms with Gasteiger partial charge in [-0.15, -0.1) is 0 Å². The first-order valence-corrected chi connectivity index (χ1v) is 6.54. The van der Waals surface area contributed by atoms with Crippen molar-refractivity contribution in [1.29, 1.82) is 0 Å². The minimum atomic E-state index is -4.52. The van der Waals surface area contributed by atoms with E-state index in [1.165, 1.54) is 17.0 Å². The molecule has 0 radical (unpaired) electrons. The van der Waals surface area contributed by atoms with Crippen molar-refractivity contribution in [2.45, 2.75) is 26.6 Å². The number of ether oxygens (including phenoxy) is 1. The van der Waals surface area contributed by atoms with Crippen molar-refractivity contribution in [3.8, 4) is 11.3 Å². The molecule has 0 aliphatic heterocycles. The normalized spacial score (nSPS) is 11.5. The lowest BCUT2D eigenvalue weighted by atomic mass is 10.1. The summed E-state index contributed by atoms with van der Waals surface area (Å²) in [6.07, 6.45) is -2.03. The second-order valence-corrected chi connectivity index (χ2v) is 4.54. The average Bonchev–Trinajstić information content (AvgIpc) is 2.80. The van der Waals surface area contributed by atoms with Gasteiger partial charge < -0.3 is 9.30 Å². The highest BCUT2D eigenvalue weighted by molar-refractivity contribution is 5.70. The lowest BCUT2D eigenvalue weighted by molar-refractivity contribution is -0.144. The number of imidazole rings is 1. The summed E-state index contributed by atoms with van der Waals surface area (Å²) < 4.78 is 44.5. The summed E-state index contributed by atoms with van der Waals surface area (Å²) in [5.41, 5.74) is 0.261. The van der Waals surface area contributed by atoms with Crippen molar-refractivity contribution in [2.75, 3.05) is 6.61 Å². The van der Waals surface area contributed by atoms with Gasteiger partial charge in [-0.25, -0.2) is 4.98 Å². The maximum Gasteiger partial charge on any atom is 0.433 e. The molecule has 2 rings (SSSR count). The number of carbonyl (C=O) groups is 1. The highest BCUT2D eigenvalue weighted by Gasteiger charge is 2.32. The molecule has 0 saturated heterocycles. The summed E-state index contributed by atoms with van der Waals surface area (Å²) in [4.78, 5) is 18.9. The van der Waals surface area contributed by atoms with Crippen molar-refractivity contribution in [3.05, 3.63) is 36.0 Å². The summed E-state index contributed by atoms with van der Waals surface area (Å²) in [5, 5.41) is 0. The molecule has 2 aromatic rings. The smallest absolute Gasteiger partial charge is 0.433 e. The molecular formula is C14H14F3N3O2. The van der Waals surface area contributed by atoms with Gasteiger partial charge in [-0.3, -0.25) is 9.78 Å². The number of nitrogens with zero attached hydrogens (tertiary/aromatic N) is 3. The molecule has 5 nitrogen and oxygen atoms in total. The summed E-state index contributed by atoms with van der Waals surface area (Å²) in [7, 11) is 0. The van der Waals surface area contributed by atoms with Crippen LogP contribution in [0.25, 0.3) is 11.3 Å². The van der Waals surface area contributed by atoms with E-state index in [2.05, 4.69) is 9.97 Å². The summed E-state index contributed by atoms with van der Waals surface area (Å²) in [6.45, 7) is 3.59. The summed E-state index contributed by atoms with van der Waals surface area (Å²) in [6, 6.07) is 2.38. The fraction of sp³-hybridized carbons (Fsp3) is 0.357. The van der Waals surface area contributed by atoms with Crippen molar-refractivity contribution in [2.24, 2.45) is 0 Å². The number of pyridine rings is 1. The number of aromatic nitrogens is 3. The number of hydrogen-bond acceptors (Lipinski definition) is 4. The van der Waals surface area contributed by atoms with Gasteiger partial charge in [0.05, 0.1) is 18.6 Å². The zero-order chi connectivity index (χ0) is 16.3. The largest absolute Gasteiger partial charge is 0.465 e. The van der Waals surface area contributed by atoms with Crippen LogP contribution in [0, 0.1) is 6.92 Å². The van der Waals surface area contributed by atoms with E-state index in [1.807, 2.05) is 0 Å². The molecule has 0 N–H and O–H groups in total. The number of hydrogen-bond donors (Lipinski definition) is 0. The van der Waals surface area contributed by atoms with E-state index in [-0.39, 0.29) is 13.2 Å². The van der Waals surface area contributed by atoms with E-state index in [0.29, 0.717) is 17.0 Å². The molecule has 0 atom stereocenters.